The minimum Gasteiger partial charge on any atom is -0.444 e. The highest BCUT2D eigenvalue weighted by molar-refractivity contribution is 5.67. The molecule has 1 heterocycles. The maximum atomic E-state index is 11.5. The molecule has 1 rings (SSSR count). The van der Waals surface area contributed by atoms with Gasteiger partial charge in [-0.2, -0.15) is 0 Å². The van der Waals surface area contributed by atoms with E-state index in [1.165, 1.54) is 0 Å². The van der Waals surface area contributed by atoms with E-state index in [1.54, 1.807) is 0 Å². The van der Waals surface area contributed by atoms with Crippen molar-refractivity contribution in [2.45, 2.75) is 51.7 Å². The molecule has 1 aliphatic heterocycles. The van der Waals surface area contributed by atoms with Crippen LogP contribution in [-0.2, 0) is 4.74 Å². The van der Waals surface area contributed by atoms with Crippen molar-refractivity contribution in [3.8, 4) is 0 Å². The van der Waals surface area contributed by atoms with Crippen molar-refractivity contribution in [1.82, 2.24) is 21.3 Å². The van der Waals surface area contributed by atoms with Crippen LogP contribution in [0, 0.1) is 0 Å². The van der Waals surface area contributed by atoms with E-state index < -0.39 is 5.60 Å². The number of carbonyl (C=O) groups is 1. The van der Waals surface area contributed by atoms with Gasteiger partial charge >= 0.3 is 6.09 Å². The first-order valence-corrected chi connectivity index (χ1v) is 8.09. The zero-order valence-electron chi connectivity index (χ0n) is 13.8. The summed E-state index contributed by atoms with van der Waals surface area (Å²) in [5.41, 5.74) is -0.426. The molecular formula is C15H32N4O2. The summed E-state index contributed by atoms with van der Waals surface area (Å²) >= 11 is 0. The molecule has 1 saturated heterocycles. The van der Waals surface area contributed by atoms with E-state index in [0.29, 0.717) is 12.6 Å². The second-order valence-electron chi connectivity index (χ2n) is 6.53. The van der Waals surface area contributed by atoms with Crippen LogP contribution in [0.5, 0.6) is 0 Å². The summed E-state index contributed by atoms with van der Waals surface area (Å²) in [4.78, 5) is 11.5. The van der Waals surface area contributed by atoms with Crippen molar-refractivity contribution in [2.24, 2.45) is 0 Å². The van der Waals surface area contributed by atoms with Gasteiger partial charge in [-0.25, -0.2) is 4.79 Å². The lowest BCUT2D eigenvalue weighted by molar-refractivity contribution is 0.0527. The van der Waals surface area contributed by atoms with Crippen molar-refractivity contribution in [1.29, 1.82) is 0 Å². The highest BCUT2D eigenvalue weighted by Crippen LogP contribution is 2.06. The molecule has 0 unspecified atom stereocenters. The minimum atomic E-state index is -0.426. The fourth-order valence-electron chi connectivity index (χ4n) is 2.24. The predicted molar refractivity (Wildman–Crippen MR) is 85.6 cm³/mol. The normalized spacial score (nSPS) is 21.0. The molecule has 0 aromatic heterocycles. The van der Waals surface area contributed by atoms with Crippen LogP contribution in [0.25, 0.3) is 0 Å². The zero-order valence-corrected chi connectivity index (χ0v) is 13.8. The minimum absolute atomic E-state index is 0.323. The van der Waals surface area contributed by atoms with Crippen molar-refractivity contribution in [2.75, 3.05) is 39.3 Å². The first-order valence-electron chi connectivity index (χ1n) is 8.09. The van der Waals surface area contributed by atoms with Gasteiger partial charge in [0.2, 0.25) is 0 Å². The molecule has 1 aliphatic rings. The van der Waals surface area contributed by atoms with Gasteiger partial charge in [-0.15, -0.1) is 0 Å². The van der Waals surface area contributed by atoms with Crippen LogP contribution in [-0.4, -0.2) is 57.0 Å². The van der Waals surface area contributed by atoms with Crippen molar-refractivity contribution in [3.63, 3.8) is 0 Å². The molecule has 0 radical (unpaired) electrons. The molecule has 6 heteroatoms. The van der Waals surface area contributed by atoms with Gasteiger partial charge in [0, 0.05) is 45.3 Å². The van der Waals surface area contributed by atoms with Gasteiger partial charge in [0.25, 0.3) is 0 Å². The van der Waals surface area contributed by atoms with E-state index in [9.17, 15) is 4.79 Å². The van der Waals surface area contributed by atoms with Gasteiger partial charge < -0.3 is 26.0 Å². The summed E-state index contributed by atoms with van der Waals surface area (Å²) in [5, 5.41) is 13.2. The quantitative estimate of drug-likeness (QED) is 0.566. The third-order valence-corrected chi connectivity index (χ3v) is 3.25. The van der Waals surface area contributed by atoms with Crippen LogP contribution >= 0.6 is 0 Å². The lowest BCUT2D eigenvalue weighted by Gasteiger charge is -2.20. The Morgan fingerprint density at radius 3 is 2.62 bits per heavy atom. The van der Waals surface area contributed by atoms with Gasteiger partial charge in [-0.1, -0.05) is 6.42 Å². The molecule has 0 aromatic rings. The highest BCUT2D eigenvalue weighted by Gasteiger charge is 2.15. The Labute approximate surface area is 128 Å². The number of rotatable bonds is 5. The molecule has 1 atom stereocenters. The van der Waals surface area contributed by atoms with E-state index in [-0.39, 0.29) is 6.09 Å². The second kappa shape index (κ2) is 9.97. The van der Waals surface area contributed by atoms with E-state index in [0.717, 1.165) is 52.0 Å². The van der Waals surface area contributed by atoms with Crippen molar-refractivity contribution >= 4 is 6.09 Å². The van der Waals surface area contributed by atoms with Gasteiger partial charge in [0.15, 0.2) is 0 Å². The Morgan fingerprint density at radius 1 is 1.14 bits per heavy atom. The maximum absolute atomic E-state index is 11.5. The van der Waals surface area contributed by atoms with Crippen LogP contribution in [0.4, 0.5) is 4.79 Å². The van der Waals surface area contributed by atoms with Crippen LogP contribution < -0.4 is 21.3 Å². The van der Waals surface area contributed by atoms with E-state index in [2.05, 4.69) is 21.3 Å². The lowest BCUT2D eigenvalue weighted by atomic mass is 10.1. The molecule has 0 saturated carbocycles. The molecule has 1 amide bonds. The Hall–Kier alpha value is -0.850. The SMILES string of the molecule is CC(C)(C)OC(=O)NCCCC[C@H]1CNCCNCCN1. The van der Waals surface area contributed by atoms with Crippen LogP contribution in [0.2, 0.25) is 0 Å². The molecule has 0 aromatic carbocycles. The number of alkyl carbamates (subject to hydrolysis) is 1. The number of unbranched alkanes of at least 4 members (excludes halogenated alkanes) is 1. The predicted octanol–water partition coefficient (Wildman–Crippen LogP) is 0.832. The highest BCUT2D eigenvalue weighted by atomic mass is 16.6. The van der Waals surface area contributed by atoms with Crippen LogP contribution in [0.3, 0.4) is 0 Å². The average Bonchev–Trinajstić information content (AvgIpc) is 2.50. The molecule has 124 valence electrons. The largest absolute Gasteiger partial charge is 0.444 e. The number of carbonyl (C=O) groups excluding carboxylic acids is 1. The first-order chi connectivity index (χ1) is 9.97. The fourth-order valence-corrected chi connectivity index (χ4v) is 2.24. The van der Waals surface area contributed by atoms with Gasteiger partial charge in [0.05, 0.1) is 0 Å². The first kappa shape index (κ1) is 18.2. The maximum Gasteiger partial charge on any atom is 0.407 e. The third-order valence-electron chi connectivity index (χ3n) is 3.25. The van der Waals surface area contributed by atoms with Gasteiger partial charge in [0.1, 0.15) is 5.60 Å². The van der Waals surface area contributed by atoms with E-state index in [4.69, 9.17) is 4.74 Å². The van der Waals surface area contributed by atoms with Gasteiger partial charge in [-0.3, -0.25) is 0 Å². The standard InChI is InChI=1S/C15H32N4O2/c1-15(2,3)21-14(20)19-7-5-4-6-13-12-17-9-8-16-10-11-18-13/h13,16-18H,4-12H2,1-3H3,(H,19,20)/t13-/m0/s1. The molecule has 4 N–H and O–H groups in total. The Bertz CT molecular complexity index is 282. The summed E-state index contributed by atoms with van der Waals surface area (Å²) in [6.45, 7) is 11.4. The van der Waals surface area contributed by atoms with E-state index >= 15 is 0 Å². The lowest BCUT2D eigenvalue weighted by Crippen LogP contribution is -2.39. The second-order valence-corrected chi connectivity index (χ2v) is 6.53. The third kappa shape index (κ3) is 10.5. The van der Waals surface area contributed by atoms with Crippen molar-refractivity contribution < 1.29 is 9.53 Å². The molecule has 0 aliphatic carbocycles. The molecular weight excluding hydrogens is 268 g/mol. The number of hydrogen-bond donors (Lipinski definition) is 4. The monoisotopic (exact) mass is 300 g/mol. The summed E-state index contributed by atoms with van der Waals surface area (Å²) in [6, 6.07) is 0.520. The zero-order chi connectivity index (χ0) is 15.6. The summed E-state index contributed by atoms with van der Waals surface area (Å²) in [6.07, 6.45) is 2.89. The molecule has 0 bridgehead atoms. The topological polar surface area (TPSA) is 74.4 Å². The molecule has 21 heavy (non-hydrogen) atoms. The van der Waals surface area contributed by atoms with Crippen LogP contribution in [0.1, 0.15) is 40.0 Å². The molecule has 1 fully saturated rings. The average molecular weight is 300 g/mol. The Balaban J connectivity index is 2.05. The number of amides is 1. The Morgan fingerprint density at radius 2 is 1.86 bits per heavy atom. The van der Waals surface area contributed by atoms with Crippen molar-refractivity contribution in [3.05, 3.63) is 0 Å². The fraction of sp³-hybridized carbons (Fsp3) is 0.933. The van der Waals surface area contributed by atoms with Crippen LogP contribution in [0.15, 0.2) is 0 Å². The number of nitrogens with one attached hydrogen (secondary N) is 4. The Kier molecular flexibility index (Phi) is 8.64. The summed E-state index contributed by atoms with van der Waals surface area (Å²) in [5.74, 6) is 0. The van der Waals surface area contributed by atoms with E-state index in [1.807, 2.05) is 20.8 Å². The smallest absolute Gasteiger partial charge is 0.407 e. The number of hydrogen-bond acceptors (Lipinski definition) is 5. The summed E-state index contributed by atoms with van der Waals surface area (Å²) in [7, 11) is 0. The molecule has 6 nitrogen and oxygen atoms in total. The summed E-state index contributed by atoms with van der Waals surface area (Å²) < 4.78 is 5.20. The number of ether oxygens (including phenoxy) is 1. The molecule has 0 spiro atoms. The van der Waals surface area contributed by atoms with Gasteiger partial charge in [-0.05, 0) is 33.6 Å².